The summed E-state index contributed by atoms with van der Waals surface area (Å²) in [6.45, 7) is 0.617. The molecular weight excluding hydrogens is 264 g/mol. The van der Waals surface area contributed by atoms with Gasteiger partial charge in [0.15, 0.2) is 0 Å². The number of urea groups is 1. The number of benzene rings is 2. The van der Waals surface area contributed by atoms with Gasteiger partial charge in [-0.3, -0.25) is 4.90 Å². The molecule has 2 aromatic carbocycles. The first-order valence-corrected chi connectivity index (χ1v) is 6.65. The van der Waals surface area contributed by atoms with Gasteiger partial charge in [-0.05, 0) is 42.3 Å². The summed E-state index contributed by atoms with van der Waals surface area (Å²) >= 11 is 0. The van der Waals surface area contributed by atoms with E-state index in [1.807, 2.05) is 18.2 Å². The Labute approximate surface area is 122 Å². The Morgan fingerprint density at radius 2 is 2.00 bits per heavy atom. The predicted molar refractivity (Wildman–Crippen MR) is 82.1 cm³/mol. The summed E-state index contributed by atoms with van der Waals surface area (Å²) < 4.78 is 0. The number of para-hydroxylation sites is 1. The van der Waals surface area contributed by atoms with Crippen molar-refractivity contribution in [2.75, 3.05) is 22.5 Å². The van der Waals surface area contributed by atoms with Gasteiger partial charge in [0.1, 0.15) is 0 Å². The highest BCUT2D eigenvalue weighted by atomic mass is 16.2. The number of hydrogen-bond donors (Lipinski definition) is 2. The van der Waals surface area contributed by atoms with Gasteiger partial charge in [-0.2, -0.15) is 5.26 Å². The first-order chi connectivity index (χ1) is 10.2. The van der Waals surface area contributed by atoms with Gasteiger partial charge in [-0.1, -0.05) is 12.1 Å². The highest BCUT2D eigenvalue weighted by Crippen LogP contribution is 2.33. The first-order valence-electron chi connectivity index (χ1n) is 6.65. The van der Waals surface area contributed by atoms with Gasteiger partial charge >= 0.3 is 6.03 Å². The van der Waals surface area contributed by atoms with E-state index in [9.17, 15) is 4.79 Å². The molecule has 0 bridgehead atoms. The van der Waals surface area contributed by atoms with Gasteiger partial charge in [0.25, 0.3) is 0 Å². The largest absolute Gasteiger partial charge is 0.397 e. The number of nitrogens with zero attached hydrogens (tertiary/aromatic N) is 2. The molecule has 104 valence electrons. The van der Waals surface area contributed by atoms with E-state index in [0.29, 0.717) is 23.5 Å². The maximum Gasteiger partial charge on any atom is 0.326 e. The monoisotopic (exact) mass is 278 g/mol. The van der Waals surface area contributed by atoms with Crippen molar-refractivity contribution in [2.45, 2.75) is 6.42 Å². The molecule has 0 saturated carbocycles. The van der Waals surface area contributed by atoms with E-state index in [1.165, 1.54) is 0 Å². The number of nitrogens with two attached hydrogens (primary N) is 1. The lowest BCUT2D eigenvalue weighted by Gasteiger charge is -2.19. The number of nitrogens with one attached hydrogen (secondary N) is 1. The molecule has 0 radical (unpaired) electrons. The van der Waals surface area contributed by atoms with Gasteiger partial charge < -0.3 is 11.1 Å². The summed E-state index contributed by atoms with van der Waals surface area (Å²) in [7, 11) is 0. The molecule has 1 aliphatic heterocycles. The first kappa shape index (κ1) is 13.0. The minimum absolute atomic E-state index is 0.212. The summed E-state index contributed by atoms with van der Waals surface area (Å²) in [5.74, 6) is 0. The lowest BCUT2D eigenvalue weighted by atomic mass is 10.1. The zero-order valence-electron chi connectivity index (χ0n) is 11.3. The zero-order valence-corrected chi connectivity index (χ0v) is 11.3. The topological polar surface area (TPSA) is 82.2 Å². The van der Waals surface area contributed by atoms with Crippen LogP contribution in [0.5, 0.6) is 0 Å². The minimum atomic E-state index is -0.212. The second-order valence-corrected chi connectivity index (χ2v) is 4.88. The molecule has 5 nitrogen and oxygen atoms in total. The number of nitrogen functional groups attached to an aromatic ring is 1. The molecule has 0 unspecified atom stereocenters. The maximum absolute atomic E-state index is 12.4. The Balaban J connectivity index is 1.80. The lowest BCUT2D eigenvalue weighted by Crippen LogP contribution is -2.33. The van der Waals surface area contributed by atoms with Crippen LogP contribution in [-0.2, 0) is 6.42 Å². The fraction of sp³-hybridized carbons (Fsp3) is 0.125. The third kappa shape index (κ3) is 2.39. The molecule has 1 aliphatic rings. The van der Waals surface area contributed by atoms with Crippen LogP contribution < -0.4 is 16.0 Å². The quantitative estimate of drug-likeness (QED) is 0.787. The number of amides is 2. The Hall–Kier alpha value is -3.00. The summed E-state index contributed by atoms with van der Waals surface area (Å²) in [6, 6.07) is 14.3. The summed E-state index contributed by atoms with van der Waals surface area (Å²) in [6.07, 6.45) is 0.807. The van der Waals surface area contributed by atoms with E-state index in [-0.39, 0.29) is 6.03 Å². The molecule has 21 heavy (non-hydrogen) atoms. The average Bonchev–Trinajstić information content (AvgIpc) is 2.93. The molecule has 5 heteroatoms. The fourth-order valence-electron chi connectivity index (χ4n) is 2.51. The molecule has 0 aromatic heterocycles. The zero-order chi connectivity index (χ0) is 14.8. The van der Waals surface area contributed by atoms with Crippen LogP contribution in [0.15, 0.2) is 42.5 Å². The summed E-state index contributed by atoms with van der Waals surface area (Å²) in [4.78, 5) is 14.0. The molecule has 1 heterocycles. The van der Waals surface area contributed by atoms with E-state index in [2.05, 4.69) is 5.32 Å². The number of carbonyl (C=O) groups is 1. The van der Waals surface area contributed by atoms with Gasteiger partial charge in [-0.15, -0.1) is 0 Å². The van der Waals surface area contributed by atoms with Crippen molar-refractivity contribution in [1.82, 2.24) is 0 Å². The van der Waals surface area contributed by atoms with E-state index in [1.54, 1.807) is 35.2 Å². The lowest BCUT2D eigenvalue weighted by molar-refractivity contribution is 0.257. The highest BCUT2D eigenvalue weighted by Gasteiger charge is 2.26. The second-order valence-electron chi connectivity index (χ2n) is 4.88. The third-order valence-corrected chi connectivity index (χ3v) is 3.54. The number of nitriles is 1. The van der Waals surface area contributed by atoms with Gasteiger partial charge in [-0.25, -0.2) is 4.79 Å². The normalized spacial score (nSPS) is 12.6. The predicted octanol–water partition coefficient (Wildman–Crippen LogP) is 2.74. The maximum atomic E-state index is 12.4. The van der Waals surface area contributed by atoms with E-state index in [4.69, 9.17) is 11.0 Å². The molecule has 0 fully saturated rings. The van der Waals surface area contributed by atoms with Crippen molar-refractivity contribution in [2.24, 2.45) is 0 Å². The Morgan fingerprint density at radius 3 is 2.71 bits per heavy atom. The summed E-state index contributed by atoms with van der Waals surface area (Å²) in [5, 5.41) is 11.6. The highest BCUT2D eigenvalue weighted by molar-refractivity contribution is 6.05. The third-order valence-electron chi connectivity index (χ3n) is 3.54. The second kappa shape index (κ2) is 5.17. The molecule has 0 saturated heterocycles. The molecule has 0 atom stereocenters. The van der Waals surface area contributed by atoms with Crippen molar-refractivity contribution >= 4 is 23.1 Å². The van der Waals surface area contributed by atoms with Crippen molar-refractivity contribution in [3.05, 3.63) is 53.6 Å². The fourth-order valence-corrected chi connectivity index (χ4v) is 2.51. The van der Waals surface area contributed by atoms with Crippen LogP contribution in [0.3, 0.4) is 0 Å². The van der Waals surface area contributed by atoms with Crippen LogP contribution in [0.4, 0.5) is 21.9 Å². The standard InChI is InChI=1S/C16H14N4O/c17-10-11-4-6-13(7-5-11)19-16(21)20-9-8-12-2-1-3-14(18)15(12)20/h1-7H,8-9,18H2,(H,19,21). The van der Waals surface area contributed by atoms with Crippen molar-refractivity contribution in [1.29, 1.82) is 5.26 Å². The van der Waals surface area contributed by atoms with Crippen LogP contribution in [0.25, 0.3) is 0 Å². The van der Waals surface area contributed by atoms with Crippen LogP contribution in [0.1, 0.15) is 11.1 Å². The molecule has 2 aromatic rings. The average molecular weight is 278 g/mol. The molecule has 3 rings (SSSR count). The van der Waals surface area contributed by atoms with Gasteiger partial charge in [0.2, 0.25) is 0 Å². The number of rotatable bonds is 1. The van der Waals surface area contributed by atoms with E-state index >= 15 is 0 Å². The smallest absolute Gasteiger partial charge is 0.326 e. The molecule has 0 spiro atoms. The number of carbonyl (C=O) groups excluding carboxylic acids is 1. The van der Waals surface area contributed by atoms with Crippen molar-refractivity contribution in [3.8, 4) is 6.07 Å². The Bertz CT molecular complexity index is 731. The molecule has 0 aliphatic carbocycles. The van der Waals surface area contributed by atoms with Crippen LogP contribution in [-0.4, -0.2) is 12.6 Å². The minimum Gasteiger partial charge on any atom is -0.397 e. The van der Waals surface area contributed by atoms with Gasteiger partial charge in [0, 0.05) is 12.2 Å². The molecule has 3 N–H and O–H groups in total. The van der Waals surface area contributed by atoms with Crippen LogP contribution >= 0.6 is 0 Å². The van der Waals surface area contributed by atoms with Crippen LogP contribution in [0, 0.1) is 11.3 Å². The van der Waals surface area contributed by atoms with Crippen molar-refractivity contribution < 1.29 is 4.79 Å². The van der Waals surface area contributed by atoms with Gasteiger partial charge in [0.05, 0.1) is 23.0 Å². The van der Waals surface area contributed by atoms with Crippen LogP contribution in [0.2, 0.25) is 0 Å². The van der Waals surface area contributed by atoms with E-state index in [0.717, 1.165) is 17.7 Å². The van der Waals surface area contributed by atoms with E-state index < -0.39 is 0 Å². The Kier molecular flexibility index (Phi) is 3.20. The SMILES string of the molecule is N#Cc1ccc(NC(=O)N2CCc3cccc(N)c32)cc1. The number of fused-ring (bicyclic) bond motifs is 1. The number of hydrogen-bond acceptors (Lipinski definition) is 3. The van der Waals surface area contributed by atoms with Crippen molar-refractivity contribution in [3.63, 3.8) is 0 Å². The molecular formula is C16H14N4O. The summed E-state index contributed by atoms with van der Waals surface area (Å²) in [5.41, 5.74) is 9.68. The number of anilines is 3. The molecule has 2 amide bonds. The Morgan fingerprint density at radius 1 is 1.24 bits per heavy atom.